The van der Waals surface area contributed by atoms with Crippen LogP contribution in [0.25, 0.3) is 0 Å². The second-order valence-corrected chi connectivity index (χ2v) is 4.81. The number of hydrogen-bond donors (Lipinski definition) is 1. The van der Waals surface area contributed by atoms with Crippen LogP contribution >= 0.6 is 0 Å². The van der Waals surface area contributed by atoms with E-state index in [1.54, 1.807) is 13.2 Å². The Balaban J connectivity index is 2.22. The highest BCUT2D eigenvalue weighted by Gasteiger charge is 2.05. The molecule has 0 heterocycles. The molecule has 102 valence electrons. The van der Waals surface area contributed by atoms with Crippen LogP contribution < -0.4 is 10.1 Å². The molecule has 0 atom stereocenters. The fourth-order valence-electron chi connectivity index (χ4n) is 2.10. The number of nitrogens with one attached hydrogen (secondary N) is 1. The van der Waals surface area contributed by atoms with E-state index in [1.807, 2.05) is 12.1 Å². The first-order valence-corrected chi connectivity index (χ1v) is 6.52. The van der Waals surface area contributed by atoms with Crippen LogP contribution in [0.15, 0.2) is 36.4 Å². The summed E-state index contributed by atoms with van der Waals surface area (Å²) in [5, 5.41) is 12.4. The van der Waals surface area contributed by atoms with Gasteiger partial charge >= 0.3 is 0 Å². The topological polar surface area (TPSA) is 45.0 Å². The Morgan fingerprint density at radius 2 is 1.95 bits per heavy atom. The molecule has 0 aliphatic rings. The van der Waals surface area contributed by atoms with Crippen molar-refractivity contribution in [3.8, 4) is 11.8 Å². The SMILES string of the molecule is COc1ccc(C#N)cc1CNc1cc(C)ccc1C. The Morgan fingerprint density at radius 1 is 1.15 bits per heavy atom. The number of anilines is 1. The summed E-state index contributed by atoms with van der Waals surface area (Å²) in [6.45, 7) is 4.77. The molecule has 0 saturated heterocycles. The molecule has 3 heteroatoms. The standard InChI is InChI=1S/C17H18N2O/c1-12-4-5-13(2)16(8-12)19-11-15-9-14(10-18)6-7-17(15)20-3/h4-9,19H,11H2,1-3H3. The van der Waals surface area contributed by atoms with Crippen LogP contribution in [0.4, 0.5) is 5.69 Å². The number of hydrogen-bond acceptors (Lipinski definition) is 3. The second-order valence-electron chi connectivity index (χ2n) is 4.81. The minimum atomic E-state index is 0.628. The van der Waals surface area contributed by atoms with Gasteiger partial charge in [-0.2, -0.15) is 5.26 Å². The molecule has 2 aromatic rings. The Bertz CT molecular complexity index is 657. The molecule has 0 aliphatic carbocycles. The molecule has 0 unspecified atom stereocenters. The lowest BCUT2D eigenvalue weighted by molar-refractivity contribution is 0.410. The summed E-state index contributed by atoms with van der Waals surface area (Å²) in [5.74, 6) is 0.793. The van der Waals surface area contributed by atoms with Crippen molar-refractivity contribution in [2.75, 3.05) is 12.4 Å². The molecule has 0 fully saturated rings. The molecule has 2 aromatic carbocycles. The minimum Gasteiger partial charge on any atom is -0.496 e. The van der Waals surface area contributed by atoms with Crippen molar-refractivity contribution < 1.29 is 4.74 Å². The predicted octanol–water partition coefficient (Wildman–Crippen LogP) is 3.80. The normalized spacial score (nSPS) is 9.90. The number of methoxy groups -OCH3 is 1. The molecule has 0 aliphatic heterocycles. The first kappa shape index (κ1) is 14.0. The molecule has 0 spiro atoms. The summed E-state index contributed by atoms with van der Waals surface area (Å²) >= 11 is 0. The van der Waals surface area contributed by atoms with Gasteiger partial charge in [0, 0.05) is 17.8 Å². The van der Waals surface area contributed by atoms with Crippen LogP contribution in [0.1, 0.15) is 22.3 Å². The van der Waals surface area contributed by atoms with E-state index in [4.69, 9.17) is 10.00 Å². The van der Waals surface area contributed by atoms with Crippen molar-refractivity contribution in [2.45, 2.75) is 20.4 Å². The van der Waals surface area contributed by atoms with E-state index in [0.717, 1.165) is 17.0 Å². The summed E-state index contributed by atoms with van der Waals surface area (Å²) in [6, 6.07) is 13.9. The van der Waals surface area contributed by atoms with Gasteiger partial charge in [0.15, 0.2) is 0 Å². The minimum absolute atomic E-state index is 0.628. The zero-order valence-corrected chi connectivity index (χ0v) is 12.0. The predicted molar refractivity (Wildman–Crippen MR) is 81.0 cm³/mol. The van der Waals surface area contributed by atoms with Gasteiger partial charge in [-0.3, -0.25) is 0 Å². The Labute approximate surface area is 119 Å². The van der Waals surface area contributed by atoms with E-state index < -0.39 is 0 Å². The molecule has 0 saturated carbocycles. The molecule has 2 rings (SSSR count). The first-order valence-electron chi connectivity index (χ1n) is 6.52. The van der Waals surface area contributed by atoms with Gasteiger partial charge in [0.05, 0.1) is 18.7 Å². The van der Waals surface area contributed by atoms with E-state index in [1.165, 1.54) is 11.1 Å². The summed E-state index contributed by atoms with van der Waals surface area (Å²) in [5.41, 5.74) is 5.15. The summed E-state index contributed by atoms with van der Waals surface area (Å²) in [7, 11) is 1.64. The van der Waals surface area contributed by atoms with Crippen LogP contribution in [0, 0.1) is 25.2 Å². The lowest BCUT2D eigenvalue weighted by atomic mass is 10.1. The van der Waals surface area contributed by atoms with Gasteiger partial charge in [-0.25, -0.2) is 0 Å². The molecule has 0 amide bonds. The van der Waals surface area contributed by atoms with Gasteiger partial charge in [-0.15, -0.1) is 0 Å². The smallest absolute Gasteiger partial charge is 0.123 e. The fraction of sp³-hybridized carbons (Fsp3) is 0.235. The van der Waals surface area contributed by atoms with E-state index >= 15 is 0 Å². The Hall–Kier alpha value is -2.47. The maximum absolute atomic E-state index is 8.98. The number of benzene rings is 2. The molecule has 0 aromatic heterocycles. The summed E-state index contributed by atoms with van der Waals surface area (Å²) in [6.07, 6.45) is 0. The van der Waals surface area contributed by atoms with E-state index in [2.05, 4.69) is 43.4 Å². The van der Waals surface area contributed by atoms with Crippen LogP contribution in [0.3, 0.4) is 0 Å². The van der Waals surface area contributed by atoms with Gasteiger partial charge in [0.1, 0.15) is 5.75 Å². The van der Waals surface area contributed by atoms with Gasteiger partial charge in [-0.05, 0) is 49.2 Å². The molecule has 20 heavy (non-hydrogen) atoms. The van der Waals surface area contributed by atoms with Crippen LogP contribution in [-0.4, -0.2) is 7.11 Å². The third kappa shape index (κ3) is 3.10. The highest BCUT2D eigenvalue weighted by atomic mass is 16.5. The first-order chi connectivity index (χ1) is 9.63. The largest absolute Gasteiger partial charge is 0.496 e. The number of nitrogens with zero attached hydrogens (tertiary/aromatic N) is 1. The molecule has 0 radical (unpaired) electrons. The zero-order chi connectivity index (χ0) is 14.5. The molecular weight excluding hydrogens is 248 g/mol. The highest BCUT2D eigenvalue weighted by molar-refractivity contribution is 5.54. The van der Waals surface area contributed by atoms with Gasteiger partial charge in [-0.1, -0.05) is 12.1 Å². The van der Waals surface area contributed by atoms with E-state index in [0.29, 0.717) is 12.1 Å². The van der Waals surface area contributed by atoms with Gasteiger partial charge in [0.25, 0.3) is 0 Å². The average molecular weight is 266 g/mol. The lowest BCUT2D eigenvalue weighted by Gasteiger charge is -2.13. The van der Waals surface area contributed by atoms with Gasteiger partial charge < -0.3 is 10.1 Å². The number of rotatable bonds is 4. The van der Waals surface area contributed by atoms with Crippen molar-refractivity contribution in [3.05, 3.63) is 58.7 Å². The zero-order valence-electron chi connectivity index (χ0n) is 12.0. The van der Waals surface area contributed by atoms with Crippen molar-refractivity contribution in [3.63, 3.8) is 0 Å². The maximum atomic E-state index is 8.98. The Kier molecular flexibility index (Phi) is 4.27. The molecule has 1 N–H and O–H groups in total. The number of ether oxygens (including phenoxy) is 1. The fourth-order valence-corrected chi connectivity index (χ4v) is 2.10. The van der Waals surface area contributed by atoms with Gasteiger partial charge in [0.2, 0.25) is 0 Å². The highest BCUT2D eigenvalue weighted by Crippen LogP contribution is 2.22. The van der Waals surface area contributed by atoms with Crippen molar-refractivity contribution >= 4 is 5.69 Å². The molecule has 3 nitrogen and oxygen atoms in total. The van der Waals surface area contributed by atoms with Crippen LogP contribution in [-0.2, 0) is 6.54 Å². The Morgan fingerprint density at radius 3 is 2.65 bits per heavy atom. The second kappa shape index (κ2) is 6.12. The lowest BCUT2D eigenvalue weighted by Crippen LogP contribution is -2.03. The van der Waals surface area contributed by atoms with E-state index in [-0.39, 0.29) is 0 Å². The monoisotopic (exact) mass is 266 g/mol. The third-order valence-electron chi connectivity index (χ3n) is 3.27. The molecule has 0 bridgehead atoms. The summed E-state index contributed by atoms with van der Waals surface area (Å²) in [4.78, 5) is 0. The van der Waals surface area contributed by atoms with Crippen molar-refractivity contribution in [2.24, 2.45) is 0 Å². The number of aryl methyl sites for hydroxylation is 2. The van der Waals surface area contributed by atoms with Crippen LogP contribution in [0.2, 0.25) is 0 Å². The van der Waals surface area contributed by atoms with Crippen molar-refractivity contribution in [1.29, 1.82) is 5.26 Å². The average Bonchev–Trinajstić information content (AvgIpc) is 2.47. The van der Waals surface area contributed by atoms with Crippen molar-refractivity contribution in [1.82, 2.24) is 0 Å². The van der Waals surface area contributed by atoms with E-state index in [9.17, 15) is 0 Å². The summed E-state index contributed by atoms with van der Waals surface area (Å²) < 4.78 is 5.34. The quantitative estimate of drug-likeness (QED) is 0.915. The number of nitriles is 1. The van der Waals surface area contributed by atoms with Crippen LogP contribution in [0.5, 0.6) is 5.75 Å². The maximum Gasteiger partial charge on any atom is 0.123 e. The third-order valence-corrected chi connectivity index (χ3v) is 3.27. The molecular formula is C17H18N2O.